The minimum atomic E-state index is -0.560. The number of piperazine rings is 1. The van der Waals surface area contributed by atoms with E-state index in [1.54, 1.807) is 23.1 Å². The van der Waals surface area contributed by atoms with Crippen molar-refractivity contribution in [3.8, 4) is 16.9 Å². The summed E-state index contributed by atoms with van der Waals surface area (Å²) in [6.07, 6.45) is 3.56. The van der Waals surface area contributed by atoms with Gasteiger partial charge in [0.15, 0.2) is 11.5 Å². The lowest BCUT2D eigenvalue weighted by Gasteiger charge is -2.35. The van der Waals surface area contributed by atoms with E-state index in [-0.39, 0.29) is 34.4 Å². The van der Waals surface area contributed by atoms with Crippen LogP contribution in [0.2, 0.25) is 0 Å². The van der Waals surface area contributed by atoms with Crippen molar-refractivity contribution in [3.05, 3.63) is 65.9 Å². The van der Waals surface area contributed by atoms with Gasteiger partial charge in [0.2, 0.25) is 0 Å². The predicted octanol–water partition coefficient (Wildman–Crippen LogP) is 2.49. The highest BCUT2D eigenvalue weighted by atomic mass is 19.1. The lowest BCUT2D eigenvalue weighted by atomic mass is 10.0. The van der Waals surface area contributed by atoms with Gasteiger partial charge in [-0.1, -0.05) is 13.0 Å². The van der Waals surface area contributed by atoms with Gasteiger partial charge in [0, 0.05) is 55.6 Å². The molecular weight excluding hydrogens is 439 g/mol. The molecule has 2 N–H and O–H groups in total. The maximum absolute atomic E-state index is 14.7. The Balaban J connectivity index is 1.37. The third-order valence-corrected chi connectivity index (χ3v) is 5.56. The lowest BCUT2D eigenvalue weighted by Crippen LogP contribution is -2.49. The van der Waals surface area contributed by atoms with Crippen LogP contribution in [0.15, 0.2) is 48.8 Å². The normalized spacial score (nSPS) is 13.6. The molecule has 0 spiro atoms. The van der Waals surface area contributed by atoms with Crippen molar-refractivity contribution in [2.24, 2.45) is 0 Å². The minimum absolute atomic E-state index is 0.0611. The Morgan fingerprint density at radius 1 is 1.06 bits per heavy atom. The third kappa shape index (κ3) is 5.11. The van der Waals surface area contributed by atoms with Gasteiger partial charge in [-0.25, -0.2) is 4.39 Å². The average Bonchev–Trinajstić information content (AvgIpc) is 2.87. The van der Waals surface area contributed by atoms with Gasteiger partial charge < -0.3 is 20.2 Å². The second kappa shape index (κ2) is 10.2. The van der Waals surface area contributed by atoms with Crippen molar-refractivity contribution in [2.45, 2.75) is 13.3 Å². The Morgan fingerprint density at radius 2 is 1.85 bits per heavy atom. The second-order valence-corrected chi connectivity index (χ2v) is 7.94. The van der Waals surface area contributed by atoms with E-state index in [4.69, 9.17) is 0 Å². The standard InChI is InChI=1S/C24H25FN6O3/c1-2-7-27-23(33)21-5-6-22(29-28-21)30-8-10-31(11-9-30)24(34)16-3-4-19(20(25)13-16)17-12-18(32)15-26-14-17/h3-6,12-15,32H,2,7-11H2,1H3,(H,27,33). The molecule has 0 unspecified atom stereocenters. The van der Waals surface area contributed by atoms with E-state index in [1.165, 1.54) is 30.6 Å². The Hall–Kier alpha value is -4.08. The van der Waals surface area contributed by atoms with Crippen LogP contribution in [0.1, 0.15) is 34.2 Å². The summed E-state index contributed by atoms with van der Waals surface area (Å²) in [6, 6.07) is 9.10. The molecule has 0 atom stereocenters. The molecule has 0 saturated carbocycles. The van der Waals surface area contributed by atoms with Gasteiger partial charge in [-0.2, -0.15) is 0 Å². The van der Waals surface area contributed by atoms with E-state index >= 15 is 0 Å². The van der Waals surface area contributed by atoms with Gasteiger partial charge in [-0.05, 0) is 36.8 Å². The molecule has 4 rings (SSSR count). The average molecular weight is 465 g/mol. The van der Waals surface area contributed by atoms with Crippen molar-refractivity contribution in [3.63, 3.8) is 0 Å². The number of carbonyl (C=O) groups is 2. The monoisotopic (exact) mass is 464 g/mol. The minimum Gasteiger partial charge on any atom is -0.506 e. The van der Waals surface area contributed by atoms with E-state index in [9.17, 15) is 19.1 Å². The van der Waals surface area contributed by atoms with Crippen LogP contribution in [0.5, 0.6) is 5.75 Å². The molecule has 1 aromatic carbocycles. The first-order valence-electron chi connectivity index (χ1n) is 11.1. The van der Waals surface area contributed by atoms with E-state index in [1.807, 2.05) is 11.8 Å². The molecule has 0 aliphatic carbocycles. The number of nitrogens with zero attached hydrogens (tertiary/aromatic N) is 5. The Morgan fingerprint density at radius 3 is 2.50 bits per heavy atom. The van der Waals surface area contributed by atoms with Crippen LogP contribution < -0.4 is 10.2 Å². The van der Waals surface area contributed by atoms with Crippen molar-refractivity contribution in [2.75, 3.05) is 37.6 Å². The Kier molecular flexibility index (Phi) is 6.95. The molecule has 1 aliphatic heterocycles. The summed E-state index contributed by atoms with van der Waals surface area (Å²) in [5.41, 5.74) is 1.21. The fourth-order valence-corrected chi connectivity index (χ4v) is 3.72. The number of rotatable bonds is 6. The molecule has 0 radical (unpaired) electrons. The summed E-state index contributed by atoms with van der Waals surface area (Å²) in [4.78, 5) is 32.4. The number of hydrogen-bond acceptors (Lipinski definition) is 7. The van der Waals surface area contributed by atoms with Crippen molar-refractivity contribution in [1.29, 1.82) is 0 Å². The number of hydrogen-bond donors (Lipinski definition) is 2. The molecule has 0 bridgehead atoms. The second-order valence-electron chi connectivity index (χ2n) is 7.94. The number of aromatic hydroxyl groups is 1. The quantitative estimate of drug-likeness (QED) is 0.576. The zero-order valence-corrected chi connectivity index (χ0v) is 18.7. The van der Waals surface area contributed by atoms with E-state index in [2.05, 4.69) is 20.5 Å². The molecule has 2 amide bonds. The van der Waals surface area contributed by atoms with Crippen LogP contribution >= 0.6 is 0 Å². The molecule has 9 nitrogen and oxygen atoms in total. The van der Waals surface area contributed by atoms with Gasteiger partial charge in [-0.3, -0.25) is 14.6 Å². The smallest absolute Gasteiger partial charge is 0.271 e. The van der Waals surface area contributed by atoms with Crippen LogP contribution in [0, 0.1) is 5.82 Å². The van der Waals surface area contributed by atoms with E-state index < -0.39 is 5.82 Å². The first-order valence-corrected chi connectivity index (χ1v) is 11.1. The van der Waals surface area contributed by atoms with Gasteiger partial charge in [0.1, 0.15) is 11.6 Å². The summed E-state index contributed by atoms with van der Waals surface area (Å²) in [5.74, 6) is -0.499. The maximum Gasteiger partial charge on any atom is 0.271 e. The van der Waals surface area contributed by atoms with Gasteiger partial charge in [-0.15, -0.1) is 10.2 Å². The largest absolute Gasteiger partial charge is 0.506 e. The molecule has 176 valence electrons. The molecule has 1 fully saturated rings. The molecule has 3 aromatic rings. The molecule has 34 heavy (non-hydrogen) atoms. The summed E-state index contributed by atoms with van der Waals surface area (Å²) < 4.78 is 14.7. The highest BCUT2D eigenvalue weighted by Crippen LogP contribution is 2.26. The molecule has 10 heteroatoms. The summed E-state index contributed by atoms with van der Waals surface area (Å²) in [5, 5.41) is 20.5. The Labute approximate surface area is 196 Å². The number of amides is 2. The highest BCUT2D eigenvalue weighted by molar-refractivity contribution is 5.95. The van der Waals surface area contributed by atoms with E-state index in [0.717, 1.165) is 6.42 Å². The van der Waals surface area contributed by atoms with Crippen molar-refractivity contribution < 1.29 is 19.1 Å². The summed E-state index contributed by atoms with van der Waals surface area (Å²) in [6.45, 7) is 4.52. The maximum atomic E-state index is 14.7. The molecule has 3 heterocycles. The fraction of sp³-hybridized carbons (Fsp3) is 0.292. The number of benzene rings is 1. The van der Waals surface area contributed by atoms with Gasteiger partial charge in [0.25, 0.3) is 11.8 Å². The van der Waals surface area contributed by atoms with Gasteiger partial charge in [0.05, 0.1) is 6.20 Å². The van der Waals surface area contributed by atoms with Crippen molar-refractivity contribution in [1.82, 2.24) is 25.4 Å². The molecule has 1 saturated heterocycles. The van der Waals surface area contributed by atoms with Crippen LogP contribution in [0.25, 0.3) is 11.1 Å². The molecule has 1 aliphatic rings. The zero-order valence-electron chi connectivity index (χ0n) is 18.7. The number of pyridine rings is 1. The lowest BCUT2D eigenvalue weighted by molar-refractivity contribution is 0.0745. The summed E-state index contributed by atoms with van der Waals surface area (Å²) >= 11 is 0. The highest BCUT2D eigenvalue weighted by Gasteiger charge is 2.24. The van der Waals surface area contributed by atoms with Crippen molar-refractivity contribution >= 4 is 17.6 Å². The first-order chi connectivity index (χ1) is 16.5. The third-order valence-electron chi connectivity index (χ3n) is 5.56. The predicted molar refractivity (Wildman–Crippen MR) is 124 cm³/mol. The van der Waals surface area contributed by atoms with Crippen LogP contribution in [0.4, 0.5) is 10.2 Å². The van der Waals surface area contributed by atoms with Crippen LogP contribution in [-0.2, 0) is 0 Å². The molecular formula is C24H25FN6O3. The molecule has 2 aromatic heterocycles. The number of aromatic nitrogens is 3. The number of anilines is 1. The van der Waals surface area contributed by atoms with Gasteiger partial charge >= 0.3 is 0 Å². The summed E-state index contributed by atoms with van der Waals surface area (Å²) in [7, 11) is 0. The van der Waals surface area contributed by atoms with Crippen LogP contribution in [0.3, 0.4) is 0 Å². The Bertz CT molecular complexity index is 1180. The van der Waals surface area contributed by atoms with E-state index in [0.29, 0.717) is 44.1 Å². The topological polar surface area (TPSA) is 112 Å². The van der Waals surface area contributed by atoms with Crippen LogP contribution in [-0.4, -0.2) is 69.7 Å². The zero-order chi connectivity index (χ0) is 24.1. The fourth-order valence-electron chi connectivity index (χ4n) is 3.72. The number of carbonyl (C=O) groups excluding carboxylic acids is 2. The SMILES string of the molecule is CCCNC(=O)c1ccc(N2CCN(C(=O)c3ccc(-c4cncc(O)c4)c(F)c3)CC2)nn1. The number of nitrogens with one attached hydrogen (secondary N) is 1. The first kappa shape index (κ1) is 23.1. The number of halogens is 1.